The number of aromatic nitrogens is 4. The number of amides is 2. The second-order valence-electron chi connectivity index (χ2n) is 13.4. The van der Waals surface area contributed by atoms with Crippen LogP contribution in [0.5, 0.6) is 5.88 Å². The van der Waals surface area contributed by atoms with Crippen molar-refractivity contribution in [3.8, 4) is 17.1 Å². The molecule has 0 spiro atoms. The summed E-state index contributed by atoms with van der Waals surface area (Å²) in [6.45, 7) is 16.6. The average molecular weight is 665 g/mol. The Bertz CT molecular complexity index is 1760. The van der Waals surface area contributed by atoms with Gasteiger partial charge in [0, 0.05) is 19.3 Å². The van der Waals surface area contributed by atoms with E-state index in [1.165, 1.54) is 4.90 Å². The number of nitrogens with one attached hydrogen (secondary N) is 2. The van der Waals surface area contributed by atoms with E-state index >= 15 is 0 Å². The van der Waals surface area contributed by atoms with Crippen LogP contribution in [0, 0.1) is 13.8 Å². The third kappa shape index (κ3) is 8.41. The Morgan fingerprint density at radius 2 is 1.73 bits per heavy atom. The molecule has 3 aromatic rings. The molecule has 14 heteroatoms. The summed E-state index contributed by atoms with van der Waals surface area (Å²) in [5.41, 5.74) is 2.28. The minimum Gasteiger partial charge on any atom is -0.476 e. The van der Waals surface area contributed by atoms with Crippen molar-refractivity contribution in [3.05, 3.63) is 46.5 Å². The van der Waals surface area contributed by atoms with Gasteiger partial charge in [0.2, 0.25) is 5.88 Å². The predicted molar refractivity (Wildman–Crippen MR) is 179 cm³/mol. The lowest BCUT2D eigenvalue weighted by Gasteiger charge is -2.24. The van der Waals surface area contributed by atoms with E-state index in [4.69, 9.17) is 23.9 Å². The molecule has 0 aromatic carbocycles. The van der Waals surface area contributed by atoms with Gasteiger partial charge in [-0.05, 0) is 93.0 Å². The first kappa shape index (κ1) is 35.7. The second kappa shape index (κ2) is 13.9. The van der Waals surface area contributed by atoms with Crippen LogP contribution in [0.15, 0.2) is 18.2 Å². The van der Waals surface area contributed by atoms with Gasteiger partial charge in [0.1, 0.15) is 16.9 Å². The molecule has 0 saturated carbocycles. The van der Waals surface area contributed by atoms with Crippen LogP contribution in [0.25, 0.3) is 22.9 Å². The first-order valence-corrected chi connectivity index (χ1v) is 15.7. The number of fused-ring (bicyclic) bond motifs is 1. The van der Waals surface area contributed by atoms with Gasteiger partial charge in [0.15, 0.2) is 0 Å². The van der Waals surface area contributed by atoms with Gasteiger partial charge in [0.05, 0.1) is 52.7 Å². The number of hydrogen-bond acceptors (Lipinski definition) is 10. The zero-order chi connectivity index (χ0) is 35.6. The standard InChI is InChI=1S/C34H44N6O8/c1-11-45-30(42)21-17-19(2)35-25(21)18-22-27-24(37-28(22)41)14-13-23(36-27)26-20(3)40(32(44)48-34(7,8)9)38-29(26)46-16-12-15-39(10)31(43)47-33(4,5)6/h13-14,17-18,35H,11-12,15-16H2,1-10H3,(H,37,41)/b22-18-. The van der Waals surface area contributed by atoms with Crippen LogP contribution in [-0.2, 0) is 19.0 Å². The number of rotatable bonds is 9. The van der Waals surface area contributed by atoms with E-state index in [0.717, 1.165) is 10.4 Å². The molecule has 0 saturated heterocycles. The molecule has 1 aliphatic rings. The van der Waals surface area contributed by atoms with Crippen LogP contribution in [-0.4, -0.2) is 86.7 Å². The van der Waals surface area contributed by atoms with Gasteiger partial charge in [0.25, 0.3) is 5.91 Å². The summed E-state index contributed by atoms with van der Waals surface area (Å²) in [7, 11) is 1.64. The first-order valence-electron chi connectivity index (χ1n) is 15.7. The predicted octanol–water partition coefficient (Wildman–Crippen LogP) is 5.98. The van der Waals surface area contributed by atoms with Crippen LogP contribution >= 0.6 is 0 Å². The molecule has 3 aromatic heterocycles. The van der Waals surface area contributed by atoms with E-state index in [2.05, 4.69) is 15.4 Å². The summed E-state index contributed by atoms with van der Waals surface area (Å²) in [5, 5.41) is 7.25. The van der Waals surface area contributed by atoms with Gasteiger partial charge < -0.3 is 34.1 Å². The number of hydrogen-bond donors (Lipinski definition) is 2. The Morgan fingerprint density at radius 1 is 1.04 bits per heavy atom. The monoisotopic (exact) mass is 664 g/mol. The fourth-order valence-corrected chi connectivity index (χ4v) is 4.84. The molecule has 2 N–H and O–H groups in total. The molecule has 14 nitrogen and oxygen atoms in total. The summed E-state index contributed by atoms with van der Waals surface area (Å²) in [5.74, 6) is -0.792. The van der Waals surface area contributed by atoms with Crippen molar-refractivity contribution in [1.82, 2.24) is 24.6 Å². The fourth-order valence-electron chi connectivity index (χ4n) is 4.84. The van der Waals surface area contributed by atoms with Crippen molar-refractivity contribution in [1.29, 1.82) is 0 Å². The molecule has 2 amide bonds. The van der Waals surface area contributed by atoms with Crippen molar-refractivity contribution in [3.63, 3.8) is 0 Å². The molecule has 0 radical (unpaired) electrons. The maximum absolute atomic E-state index is 13.1. The molecule has 4 heterocycles. The number of carbonyl (C=O) groups is 4. The van der Waals surface area contributed by atoms with Crippen LogP contribution in [0.2, 0.25) is 0 Å². The zero-order valence-electron chi connectivity index (χ0n) is 29.2. The second-order valence-corrected chi connectivity index (χ2v) is 13.4. The average Bonchev–Trinajstić information content (AvgIpc) is 3.61. The number of anilines is 1. The number of aryl methyl sites for hydroxylation is 1. The molecule has 0 fully saturated rings. The Labute approximate surface area is 279 Å². The van der Waals surface area contributed by atoms with E-state index in [0.29, 0.717) is 52.6 Å². The van der Waals surface area contributed by atoms with E-state index in [-0.39, 0.29) is 24.7 Å². The van der Waals surface area contributed by atoms with Gasteiger partial charge in [-0.2, -0.15) is 4.68 Å². The lowest BCUT2D eigenvalue weighted by Crippen LogP contribution is -2.35. The number of aromatic amines is 1. The SMILES string of the molecule is CCOC(=O)c1cc(C)[nH]c1/C=C1\C(=O)Nc2ccc(-c3c(OCCCN(C)C(=O)OC(C)(C)C)nn(C(=O)OC(C)(C)C)c3C)nc21. The largest absolute Gasteiger partial charge is 0.476 e. The van der Waals surface area contributed by atoms with Crippen LogP contribution < -0.4 is 10.1 Å². The summed E-state index contributed by atoms with van der Waals surface area (Å²) >= 11 is 0. The maximum Gasteiger partial charge on any atom is 0.435 e. The fraction of sp³-hybridized carbons (Fsp3) is 0.471. The highest BCUT2D eigenvalue weighted by Gasteiger charge is 2.31. The summed E-state index contributed by atoms with van der Waals surface area (Å²) in [4.78, 5) is 60.6. The van der Waals surface area contributed by atoms with Crippen molar-refractivity contribution < 1.29 is 38.1 Å². The van der Waals surface area contributed by atoms with Crippen LogP contribution in [0.4, 0.5) is 15.3 Å². The maximum atomic E-state index is 13.1. The molecule has 0 atom stereocenters. The molecule has 258 valence electrons. The number of ether oxygens (including phenoxy) is 4. The van der Waals surface area contributed by atoms with Crippen LogP contribution in [0.3, 0.4) is 0 Å². The quantitative estimate of drug-likeness (QED) is 0.120. The highest BCUT2D eigenvalue weighted by molar-refractivity contribution is 6.34. The van der Waals surface area contributed by atoms with Gasteiger partial charge in [-0.1, -0.05) is 0 Å². The van der Waals surface area contributed by atoms with E-state index < -0.39 is 35.3 Å². The molecule has 0 aliphatic carbocycles. The Kier molecular flexibility index (Phi) is 10.4. The molecule has 1 aliphatic heterocycles. The molecule has 48 heavy (non-hydrogen) atoms. The molecular formula is C34H44N6O8. The van der Waals surface area contributed by atoms with Crippen molar-refractivity contribution in [2.75, 3.05) is 32.1 Å². The van der Waals surface area contributed by atoms with Crippen LogP contribution in [0.1, 0.15) is 88.0 Å². The lowest BCUT2D eigenvalue weighted by molar-refractivity contribution is -0.110. The highest BCUT2D eigenvalue weighted by atomic mass is 16.6. The Hall–Kier alpha value is -5.14. The Balaban J connectivity index is 1.69. The number of H-pyrrole nitrogens is 1. The van der Waals surface area contributed by atoms with Gasteiger partial charge >= 0.3 is 18.2 Å². The van der Waals surface area contributed by atoms with Gasteiger partial charge in [-0.15, -0.1) is 5.10 Å². The van der Waals surface area contributed by atoms with E-state index in [9.17, 15) is 19.2 Å². The normalized spacial score (nSPS) is 13.6. The summed E-state index contributed by atoms with van der Waals surface area (Å²) in [6.07, 6.45) is 0.848. The van der Waals surface area contributed by atoms with E-state index in [1.54, 1.807) is 93.6 Å². The van der Waals surface area contributed by atoms with Crippen molar-refractivity contribution in [2.45, 2.75) is 79.9 Å². The number of carbonyl (C=O) groups excluding carboxylic acids is 4. The molecule has 0 bridgehead atoms. The van der Waals surface area contributed by atoms with Gasteiger partial charge in [-0.3, -0.25) is 4.79 Å². The topological polar surface area (TPSA) is 167 Å². The Morgan fingerprint density at radius 3 is 2.38 bits per heavy atom. The smallest absolute Gasteiger partial charge is 0.435 e. The van der Waals surface area contributed by atoms with Gasteiger partial charge in [-0.25, -0.2) is 19.4 Å². The number of esters is 1. The third-order valence-electron chi connectivity index (χ3n) is 6.90. The molecular weight excluding hydrogens is 620 g/mol. The third-order valence-corrected chi connectivity index (χ3v) is 6.90. The molecule has 4 rings (SSSR count). The lowest BCUT2D eigenvalue weighted by atomic mass is 10.1. The minimum atomic E-state index is -0.779. The van der Waals surface area contributed by atoms with Crippen molar-refractivity contribution in [2.24, 2.45) is 0 Å². The highest BCUT2D eigenvalue weighted by Crippen LogP contribution is 2.38. The summed E-state index contributed by atoms with van der Waals surface area (Å²) in [6, 6.07) is 5.05. The molecule has 0 unspecified atom stereocenters. The zero-order valence-corrected chi connectivity index (χ0v) is 29.2. The minimum absolute atomic E-state index is 0.123. The summed E-state index contributed by atoms with van der Waals surface area (Å²) < 4.78 is 23.4. The number of nitrogens with zero attached hydrogens (tertiary/aromatic N) is 4. The van der Waals surface area contributed by atoms with E-state index in [1.807, 2.05) is 0 Å². The van der Waals surface area contributed by atoms with Crippen molar-refractivity contribution >= 4 is 41.4 Å². The first-order chi connectivity index (χ1) is 22.4. The number of pyridine rings is 1.